The maximum atomic E-state index is 10.3. The molecule has 0 bridgehead atoms. The summed E-state index contributed by atoms with van der Waals surface area (Å²) in [6, 6.07) is 2.11. The minimum absolute atomic E-state index is 0.428. The number of aryl methyl sites for hydroxylation is 3. The van der Waals surface area contributed by atoms with E-state index < -0.39 is 6.10 Å². The standard InChI is InChI=1S/C14H20N2OS/c1-4-11-6-12(16(5-2)15-11)7-14(17)13-9-18-8-10(13)3/h6,8-9,14,17H,4-5,7H2,1-3H3. The van der Waals surface area contributed by atoms with Crippen LogP contribution in [0.5, 0.6) is 0 Å². The quantitative estimate of drug-likeness (QED) is 0.901. The van der Waals surface area contributed by atoms with E-state index in [-0.39, 0.29) is 0 Å². The highest BCUT2D eigenvalue weighted by Gasteiger charge is 2.15. The van der Waals surface area contributed by atoms with Gasteiger partial charge in [-0.15, -0.1) is 0 Å². The van der Waals surface area contributed by atoms with Crippen LogP contribution in [0.1, 0.15) is 42.5 Å². The zero-order valence-corrected chi connectivity index (χ0v) is 12.0. The fraction of sp³-hybridized carbons (Fsp3) is 0.500. The predicted molar refractivity (Wildman–Crippen MR) is 75.0 cm³/mol. The van der Waals surface area contributed by atoms with Crippen LogP contribution >= 0.6 is 11.3 Å². The Balaban J connectivity index is 2.18. The molecule has 2 aromatic heterocycles. The minimum Gasteiger partial charge on any atom is -0.388 e. The molecule has 4 heteroatoms. The van der Waals surface area contributed by atoms with E-state index in [2.05, 4.69) is 30.4 Å². The molecule has 2 rings (SSSR count). The van der Waals surface area contributed by atoms with Crippen LogP contribution in [-0.2, 0) is 19.4 Å². The molecule has 98 valence electrons. The Kier molecular flexibility index (Phi) is 4.19. The van der Waals surface area contributed by atoms with Gasteiger partial charge in [-0.05, 0) is 48.2 Å². The summed E-state index contributed by atoms with van der Waals surface area (Å²) in [6.07, 6.45) is 1.15. The SMILES string of the molecule is CCc1cc(CC(O)c2cscc2C)n(CC)n1. The van der Waals surface area contributed by atoms with Crippen LogP contribution in [0.3, 0.4) is 0 Å². The first-order valence-electron chi connectivity index (χ1n) is 6.42. The predicted octanol–water partition coefficient (Wildman–Crippen LogP) is 3.11. The highest BCUT2D eigenvalue weighted by molar-refractivity contribution is 7.08. The van der Waals surface area contributed by atoms with Crippen molar-refractivity contribution in [3.8, 4) is 0 Å². The monoisotopic (exact) mass is 264 g/mol. The normalized spacial score (nSPS) is 12.9. The molecule has 3 nitrogen and oxygen atoms in total. The molecule has 0 radical (unpaired) electrons. The van der Waals surface area contributed by atoms with Crippen LogP contribution in [0.15, 0.2) is 16.8 Å². The molecule has 0 aliphatic rings. The van der Waals surface area contributed by atoms with Crippen molar-refractivity contribution in [3.63, 3.8) is 0 Å². The highest BCUT2D eigenvalue weighted by atomic mass is 32.1. The molecule has 0 aliphatic carbocycles. The Bertz CT molecular complexity index is 516. The van der Waals surface area contributed by atoms with Crippen LogP contribution < -0.4 is 0 Å². The van der Waals surface area contributed by atoms with Gasteiger partial charge in [0.25, 0.3) is 0 Å². The van der Waals surface area contributed by atoms with Crippen molar-refractivity contribution in [1.29, 1.82) is 0 Å². The fourth-order valence-corrected chi connectivity index (χ4v) is 3.04. The van der Waals surface area contributed by atoms with Crippen LogP contribution in [0.25, 0.3) is 0 Å². The molecule has 1 N–H and O–H groups in total. The summed E-state index contributed by atoms with van der Waals surface area (Å²) in [4.78, 5) is 0. The molecule has 0 fully saturated rings. The van der Waals surface area contributed by atoms with Gasteiger partial charge < -0.3 is 5.11 Å². The van der Waals surface area contributed by atoms with Crippen molar-refractivity contribution >= 4 is 11.3 Å². The molecule has 18 heavy (non-hydrogen) atoms. The van der Waals surface area contributed by atoms with E-state index in [4.69, 9.17) is 0 Å². The van der Waals surface area contributed by atoms with Gasteiger partial charge in [-0.25, -0.2) is 0 Å². The zero-order valence-electron chi connectivity index (χ0n) is 11.2. The summed E-state index contributed by atoms with van der Waals surface area (Å²) >= 11 is 1.64. The number of aliphatic hydroxyl groups is 1. The number of aliphatic hydroxyl groups excluding tert-OH is 1. The summed E-state index contributed by atoms with van der Waals surface area (Å²) in [5, 5.41) is 18.9. The lowest BCUT2D eigenvalue weighted by atomic mass is 10.0. The molecule has 0 spiro atoms. The van der Waals surface area contributed by atoms with Gasteiger partial charge in [0.2, 0.25) is 0 Å². The second kappa shape index (κ2) is 5.67. The van der Waals surface area contributed by atoms with Crippen molar-refractivity contribution in [2.24, 2.45) is 0 Å². The van der Waals surface area contributed by atoms with Gasteiger partial charge in [0.1, 0.15) is 0 Å². The van der Waals surface area contributed by atoms with Crippen molar-refractivity contribution < 1.29 is 5.11 Å². The Labute approximate surface area is 112 Å². The van der Waals surface area contributed by atoms with Crippen LogP contribution in [-0.4, -0.2) is 14.9 Å². The third-order valence-electron chi connectivity index (χ3n) is 3.23. The maximum absolute atomic E-state index is 10.3. The zero-order chi connectivity index (χ0) is 13.1. The van der Waals surface area contributed by atoms with Crippen LogP contribution in [0, 0.1) is 6.92 Å². The average Bonchev–Trinajstić information content (AvgIpc) is 2.95. The number of rotatable bonds is 5. The number of nitrogens with zero attached hydrogens (tertiary/aromatic N) is 2. The second-order valence-electron chi connectivity index (χ2n) is 4.53. The molecule has 0 saturated carbocycles. The topological polar surface area (TPSA) is 38.0 Å². The second-order valence-corrected chi connectivity index (χ2v) is 5.27. The van der Waals surface area contributed by atoms with E-state index >= 15 is 0 Å². The largest absolute Gasteiger partial charge is 0.388 e. The lowest BCUT2D eigenvalue weighted by molar-refractivity contribution is 0.175. The van der Waals surface area contributed by atoms with Gasteiger partial charge >= 0.3 is 0 Å². The third kappa shape index (κ3) is 2.65. The lowest BCUT2D eigenvalue weighted by Gasteiger charge is -2.11. The molecule has 2 aromatic rings. The summed E-state index contributed by atoms with van der Waals surface area (Å²) < 4.78 is 1.99. The van der Waals surface area contributed by atoms with Crippen molar-refractivity contribution in [3.05, 3.63) is 39.3 Å². The van der Waals surface area contributed by atoms with Crippen molar-refractivity contribution in [2.75, 3.05) is 0 Å². The summed E-state index contributed by atoms with van der Waals surface area (Å²) in [5.74, 6) is 0. The summed E-state index contributed by atoms with van der Waals surface area (Å²) in [5.41, 5.74) is 4.43. The van der Waals surface area contributed by atoms with Gasteiger partial charge in [0.15, 0.2) is 0 Å². The Morgan fingerprint density at radius 1 is 1.39 bits per heavy atom. The maximum Gasteiger partial charge on any atom is 0.0855 e. The van der Waals surface area contributed by atoms with Gasteiger partial charge in [-0.2, -0.15) is 16.4 Å². The number of thiophene rings is 1. The molecule has 0 aliphatic heterocycles. The van der Waals surface area contributed by atoms with Gasteiger partial charge in [0.05, 0.1) is 11.8 Å². The van der Waals surface area contributed by atoms with Gasteiger partial charge in [-0.1, -0.05) is 6.92 Å². The van der Waals surface area contributed by atoms with Gasteiger partial charge in [-0.3, -0.25) is 4.68 Å². The number of hydrogen-bond acceptors (Lipinski definition) is 3. The fourth-order valence-electron chi connectivity index (χ4n) is 2.15. The lowest BCUT2D eigenvalue weighted by Crippen LogP contribution is -2.08. The summed E-state index contributed by atoms with van der Waals surface area (Å²) in [6.45, 7) is 7.08. The van der Waals surface area contributed by atoms with E-state index in [1.807, 2.05) is 17.0 Å². The molecule has 0 amide bonds. The molecule has 0 saturated heterocycles. The molecule has 1 unspecified atom stereocenters. The highest BCUT2D eigenvalue weighted by Crippen LogP contribution is 2.25. The first kappa shape index (κ1) is 13.3. The third-order valence-corrected chi connectivity index (χ3v) is 4.11. The molecule has 2 heterocycles. The van der Waals surface area contributed by atoms with E-state index in [1.54, 1.807) is 11.3 Å². The first-order valence-corrected chi connectivity index (χ1v) is 7.36. The minimum atomic E-state index is -0.428. The van der Waals surface area contributed by atoms with Crippen molar-refractivity contribution in [2.45, 2.75) is 46.3 Å². The molecular weight excluding hydrogens is 244 g/mol. The number of hydrogen-bond donors (Lipinski definition) is 1. The molecule has 1 atom stereocenters. The van der Waals surface area contributed by atoms with E-state index in [0.717, 1.165) is 29.9 Å². The Hall–Kier alpha value is -1.13. The molecule has 0 aromatic carbocycles. The molecular formula is C14H20N2OS. The summed E-state index contributed by atoms with van der Waals surface area (Å²) in [7, 11) is 0. The van der Waals surface area contributed by atoms with Crippen LogP contribution in [0.2, 0.25) is 0 Å². The first-order chi connectivity index (χ1) is 8.65. The van der Waals surface area contributed by atoms with Crippen molar-refractivity contribution in [1.82, 2.24) is 9.78 Å². The Morgan fingerprint density at radius 3 is 2.72 bits per heavy atom. The van der Waals surface area contributed by atoms with E-state index in [1.165, 1.54) is 5.56 Å². The number of aromatic nitrogens is 2. The van der Waals surface area contributed by atoms with E-state index in [0.29, 0.717) is 6.42 Å². The smallest absolute Gasteiger partial charge is 0.0855 e. The van der Waals surface area contributed by atoms with Gasteiger partial charge in [0, 0.05) is 18.7 Å². The van der Waals surface area contributed by atoms with Crippen LogP contribution in [0.4, 0.5) is 0 Å². The Morgan fingerprint density at radius 2 is 2.17 bits per heavy atom. The average molecular weight is 264 g/mol. The van der Waals surface area contributed by atoms with E-state index in [9.17, 15) is 5.11 Å².